The first kappa shape index (κ1) is 13.6. The summed E-state index contributed by atoms with van der Waals surface area (Å²) in [4.78, 5) is 6.72. The van der Waals surface area contributed by atoms with Gasteiger partial charge in [0.1, 0.15) is 5.82 Å². The van der Waals surface area contributed by atoms with Crippen LogP contribution in [0.2, 0.25) is 0 Å². The summed E-state index contributed by atoms with van der Waals surface area (Å²) in [5.41, 5.74) is 6.25. The first-order valence-corrected chi connectivity index (χ1v) is 6.96. The molecule has 1 saturated carbocycles. The first-order chi connectivity index (χ1) is 8.56. The zero-order valence-corrected chi connectivity index (χ0v) is 11.8. The van der Waals surface area contributed by atoms with Gasteiger partial charge in [-0.05, 0) is 38.1 Å². The predicted molar refractivity (Wildman–Crippen MR) is 74.0 cm³/mol. The highest BCUT2D eigenvalue weighted by Gasteiger charge is 2.26. The van der Waals surface area contributed by atoms with E-state index in [1.54, 1.807) is 0 Å². The molecule has 1 fully saturated rings. The van der Waals surface area contributed by atoms with Gasteiger partial charge in [0.05, 0.1) is 6.54 Å². The fourth-order valence-electron chi connectivity index (χ4n) is 2.99. The van der Waals surface area contributed by atoms with E-state index >= 15 is 0 Å². The topological polar surface area (TPSA) is 47.1 Å². The van der Waals surface area contributed by atoms with E-state index in [9.17, 15) is 0 Å². The molecule has 1 aliphatic rings. The number of imidazole rings is 1. The number of rotatable bonds is 4. The first-order valence-electron chi connectivity index (χ1n) is 6.96. The summed E-state index contributed by atoms with van der Waals surface area (Å²) in [6, 6.07) is 0.380. The molecule has 2 N–H and O–H groups in total. The summed E-state index contributed by atoms with van der Waals surface area (Å²) in [6.07, 6.45) is 7.60. The summed E-state index contributed by atoms with van der Waals surface area (Å²) in [5.74, 6) is 2.59. The summed E-state index contributed by atoms with van der Waals surface area (Å²) in [6.45, 7) is 4.33. The molecule has 102 valence electrons. The average molecular weight is 250 g/mol. The van der Waals surface area contributed by atoms with Crippen molar-refractivity contribution in [2.24, 2.45) is 24.6 Å². The molecule has 1 heterocycles. The van der Waals surface area contributed by atoms with Gasteiger partial charge in [-0.1, -0.05) is 6.92 Å². The van der Waals surface area contributed by atoms with Crippen LogP contribution in [0, 0.1) is 11.8 Å². The molecule has 0 radical (unpaired) electrons. The van der Waals surface area contributed by atoms with Crippen molar-refractivity contribution in [2.45, 2.75) is 38.8 Å². The van der Waals surface area contributed by atoms with E-state index in [-0.39, 0.29) is 0 Å². The second-order valence-corrected chi connectivity index (χ2v) is 5.99. The van der Waals surface area contributed by atoms with Gasteiger partial charge in [-0.25, -0.2) is 4.98 Å². The Balaban J connectivity index is 1.86. The van der Waals surface area contributed by atoms with Crippen LogP contribution < -0.4 is 5.73 Å². The molecule has 0 spiro atoms. The Labute approximate surface area is 110 Å². The Morgan fingerprint density at radius 1 is 1.50 bits per heavy atom. The van der Waals surface area contributed by atoms with Crippen LogP contribution in [0.3, 0.4) is 0 Å². The van der Waals surface area contributed by atoms with E-state index < -0.39 is 0 Å². The van der Waals surface area contributed by atoms with Crippen LogP contribution in [-0.2, 0) is 13.6 Å². The lowest BCUT2D eigenvalue weighted by Gasteiger charge is -2.35. The van der Waals surface area contributed by atoms with Gasteiger partial charge in [0.15, 0.2) is 0 Å². The molecule has 2 rings (SSSR count). The SMILES string of the molecule is CC1CCC(N)C(CN(C)Cc2nccn2C)C1. The van der Waals surface area contributed by atoms with E-state index in [2.05, 4.69) is 28.4 Å². The second-order valence-electron chi connectivity index (χ2n) is 5.99. The minimum Gasteiger partial charge on any atom is -0.337 e. The quantitative estimate of drug-likeness (QED) is 0.883. The van der Waals surface area contributed by atoms with Crippen molar-refractivity contribution in [1.82, 2.24) is 14.5 Å². The highest BCUT2D eigenvalue weighted by atomic mass is 15.2. The van der Waals surface area contributed by atoms with Crippen molar-refractivity contribution in [3.63, 3.8) is 0 Å². The van der Waals surface area contributed by atoms with Gasteiger partial charge in [0.2, 0.25) is 0 Å². The summed E-state index contributed by atoms with van der Waals surface area (Å²) >= 11 is 0. The van der Waals surface area contributed by atoms with Gasteiger partial charge in [-0.15, -0.1) is 0 Å². The maximum Gasteiger partial charge on any atom is 0.122 e. The van der Waals surface area contributed by atoms with Crippen LogP contribution in [0.4, 0.5) is 0 Å². The van der Waals surface area contributed by atoms with Crippen molar-refractivity contribution >= 4 is 0 Å². The molecule has 0 bridgehead atoms. The van der Waals surface area contributed by atoms with E-state index in [1.165, 1.54) is 19.3 Å². The van der Waals surface area contributed by atoms with Crippen LogP contribution in [0.1, 0.15) is 32.0 Å². The fourth-order valence-corrected chi connectivity index (χ4v) is 2.99. The largest absolute Gasteiger partial charge is 0.337 e. The molecule has 18 heavy (non-hydrogen) atoms. The molecule has 4 nitrogen and oxygen atoms in total. The van der Waals surface area contributed by atoms with E-state index in [1.807, 2.05) is 19.4 Å². The molecular formula is C14H26N4. The molecule has 0 saturated heterocycles. The predicted octanol–water partition coefficient (Wildman–Crippen LogP) is 1.62. The molecular weight excluding hydrogens is 224 g/mol. The van der Waals surface area contributed by atoms with Crippen molar-refractivity contribution in [1.29, 1.82) is 0 Å². The molecule has 1 aromatic heterocycles. The summed E-state index contributed by atoms with van der Waals surface area (Å²) < 4.78 is 2.08. The number of nitrogens with zero attached hydrogens (tertiary/aromatic N) is 3. The molecule has 1 aliphatic carbocycles. The van der Waals surface area contributed by atoms with E-state index in [0.29, 0.717) is 12.0 Å². The molecule has 0 amide bonds. The minimum atomic E-state index is 0.380. The monoisotopic (exact) mass is 250 g/mol. The molecule has 3 unspecified atom stereocenters. The van der Waals surface area contributed by atoms with E-state index in [4.69, 9.17) is 5.73 Å². The normalized spacial score (nSPS) is 28.8. The Hall–Kier alpha value is -0.870. The van der Waals surface area contributed by atoms with Crippen molar-refractivity contribution in [3.05, 3.63) is 18.2 Å². The van der Waals surface area contributed by atoms with Gasteiger partial charge in [-0.3, -0.25) is 4.90 Å². The Morgan fingerprint density at radius 3 is 2.94 bits per heavy atom. The molecule has 1 aromatic rings. The number of hydrogen-bond acceptors (Lipinski definition) is 3. The maximum atomic E-state index is 6.25. The minimum absolute atomic E-state index is 0.380. The lowest BCUT2D eigenvalue weighted by atomic mass is 9.79. The van der Waals surface area contributed by atoms with Gasteiger partial charge < -0.3 is 10.3 Å². The van der Waals surface area contributed by atoms with Crippen molar-refractivity contribution < 1.29 is 0 Å². The number of nitrogens with two attached hydrogens (primary N) is 1. The standard InChI is InChI=1S/C14H26N4/c1-11-4-5-13(15)12(8-11)9-17(2)10-14-16-6-7-18(14)3/h6-7,11-13H,4-5,8-10,15H2,1-3H3. The molecule has 0 aromatic carbocycles. The fraction of sp³-hybridized carbons (Fsp3) is 0.786. The third-order valence-corrected chi connectivity index (χ3v) is 4.18. The van der Waals surface area contributed by atoms with Gasteiger partial charge in [-0.2, -0.15) is 0 Å². The van der Waals surface area contributed by atoms with Gasteiger partial charge in [0.25, 0.3) is 0 Å². The van der Waals surface area contributed by atoms with Crippen LogP contribution in [0.25, 0.3) is 0 Å². The summed E-state index contributed by atoms with van der Waals surface area (Å²) in [7, 11) is 4.21. The average Bonchev–Trinajstić information content (AvgIpc) is 2.70. The zero-order valence-electron chi connectivity index (χ0n) is 11.8. The molecule has 4 heteroatoms. The van der Waals surface area contributed by atoms with Gasteiger partial charge in [0, 0.05) is 32.0 Å². The molecule has 3 atom stereocenters. The molecule has 0 aliphatic heterocycles. The lowest BCUT2D eigenvalue weighted by molar-refractivity contribution is 0.174. The maximum absolute atomic E-state index is 6.25. The summed E-state index contributed by atoms with van der Waals surface area (Å²) in [5, 5.41) is 0. The van der Waals surface area contributed by atoms with Gasteiger partial charge >= 0.3 is 0 Å². The third kappa shape index (κ3) is 3.33. The van der Waals surface area contributed by atoms with Crippen LogP contribution >= 0.6 is 0 Å². The number of hydrogen-bond donors (Lipinski definition) is 1. The van der Waals surface area contributed by atoms with Crippen LogP contribution in [-0.4, -0.2) is 34.1 Å². The van der Waals surface area contributed by atoms with E-state index in [0.717, 1.165) is 24.8 Å². The lowest BCUT2D eigenvalue weighted by Crippen LogP contribution is -2.41. The Kier molecular flexibility index (Phi) is 4.40. The Morgan fingerprint density at radius 2 is 2.28 bits per heavy atom. The highest BCUT2D eigenvalue weighted by molar-refractivity contribution is 4.91. The van der Waals surface area contributed by atoms with Crippen molar-refractivity contribution in [3.8, 4) is 0 Å². The second kappa shape index (κ2) is 5.85. The van der Waals surface area contributed by atoms with Crippen molar-refractivity contribution in [2.75, 3.05) is 13.6 Å². The highest BCUT2D eigenvalue weighted by Crippen LogP contribution is 2.28. The zero-order chi connectivity index (χ0) is 13.1. The van der Waals surface area contributed by atoms with Crippen LogP contribution in [0.5, 0.6) is 0 Å². The third-order valence-electron chi connectivity index (χ3n) is 4.18. The van der Waals surface area contributed by atoms with Crippen LogP contribution in [0.15, 0.2) is 12.4 Å². The smallest absolute Gasteiger partial charge is 0.122 e. The number of aromatic nitrogens is 2. The Bertz CT molecular complexity index is 374. The number of aryl methyl sites for hydroxylation is 1.